The van der Waals surface area contributed by atoms with E-state index in [0.717, 1.165) is 11.6 Å². The van der Waals surface area contributed by atoms with Gasteiger partial charge in [0, 0.05) is 6.54 Å². The molecule has 0 saturated heterocycles. The van der Waals surface area contributed by atoms with Crippen LogP contribution >= 0.6 is 0 Å². The zero-order valence-electron chi connectivity index (χ0n) is 10.1. The van der Waals surface area contributed by atoms with Crippen molar-refractivity contribution in [2.24, 2.45) is 11.5 Å². The van der Waals surface area contributed by atoms with Crippen LogP contribution < -0.4 is 16.2 Å². The largest absolute Gasteiger partial charge is 0.457 e. The van der Waals surface area contributed by atoms with Crippen molar-refractivity contribution in [1.29, 1.82) is 0 Å². The van der Waals surface area contributed by atoms with E-state index < -0.39 is 11.7 Å². The van der Waals surface area contributed by atoms with Crippen LogP contribution in [0.25, 0.3) is 0 Å². The Balaban J connectivity index is 2.34. The van der Waals surface area contributed by atoms with Crippen molar-refractivity contribution < 1.29 is 13.9 Å². The summed E-state index contributed by atoms with van der Waals surface area (Å²) in [4.78, 5) is 11.2. The van der Waals surface area contributed by atoms with Crippen molar-refractivity contribution in [3.8, 4) is 11.5 Å². The second kappa shape index (κ2) is 5.49. The molecule has 5 heteroatoms. The predicted molar refractivity (Wildman–Crippen MR) is 69.3 cm³/mol. The highest BCUT2D eigenvalue weighted by molar-refractivity contribution is 5.95. The molecule has 0 bridgehead atoms. The van der Waals surface area contributed by atoms with E-state index in [-0.39, 0.29) is 11.3 Å². The number of halogens is 1. The third-order valence-electron chi connectivity index (χ3n) is 2.57. The molecule has 0 fully saturated rings. The summed E-state index contributed by atoms with van der Waals surface area (Å²) < 4.78 is 18.6. The minimum absolute atomic E-state index is 0.00171. The Labute approximate surface area is 109 Å². The van der Waals surface area contributed by atoms with E-state index in [1.807, 2.05) is 6.07 Å². The van der Waals surface area contributed by atoms with Gasteiger partial charge in [-0.05, 0) is 35.9 Å². The molecule has 0 radical (unpaired) electrons. The monoisotopic (exact) mass is 260 g/mol. The lowest BCUT2D eigenvalue weighted by molar-refractivity contribution is 0.0997. The molecule has 0 aliphatic heterocycles. The van der Waals surface area contributed by atoms with Crippen LogP contribution in [0.15, 0.2) is 42.5 Å². The van der Waals surface area contributed by atoms with Gasteiger partial charge in [-0.3, -0.25) is 4.79 Å². The van der Waals surface area contributed by atoms with Gasteiger partial charge in [0.05, 0.1) is 5.56 Å². The fourth-order valence-electron chi connectivity index (χ4n) is 1.65. The minimum atomic E-state index is -0.746. The number of hydrogen-bond acceptors (Lipinski definition) is 3. The lowest BCUT2D eigenvalue weighted by Gasteiger charge is -2.10. The number of nitrogens with two attached hydrogens (primary N) is 2. The Morgan fingerprint density at radius 3 is 2.68 bits per heavy atom. The van der Waals surface area contributed by atoms with Crippen LogP contribution in [0.1, 0.15) is 15.9 Å². The second-order valence-electron chi connectivity index (χ2n) is 3.96. The number of carbonyl (C=O) groups is 1. The molecule has 0 saturated carbocycles. The van der Waals surface area contributed by atoms with Crippen LogP contribution in [-0.2, 0) is 6.54 Å². The van der Waals surface area contributed by atoms with Gasteiger partial charge in [-0.15, -0.1) is 0 Å². The first-order chi connectivity index (χ1) is 9.10. The van der Waals surface area contributed by atoms with Crippen LogP contribution in [0.3, 0.4) is 0 Å². The van der Waals surface area contributed by atoms with Crippen LogP contribution in [0.5, 0.6) is 11.5 Å². The van der Waals surface area contributed by atoms with Crippen molar-refractivity contribution in [2.45, 2.75) is 6.54 Å². The Hall–Kier alpha value is -2.40. The van der Waals surface area contributed by atoms with Crippen molar-refractivity contribution in [1.82, 2.24) is 0 Å². The highest BCUT2D eigenvalue weighted by Gasteiger charge is 2.11. The molecule has 0 unspecified atom stereocenters. The van der Waals surface area contributed by atoms with E-state index >= 15 is 0 Å². The molecule has 2 aromatic rings. The molecule has 2 rings (SSSR count). The van der Waals surface area contributed by atoms with Crippen LogP contribution in [0.4, 0.5) is 4.39 Å². The Bertz CT molecular complexity index is 614. The Morgan fingerprint density at radius 1 is 1.21 bits per heavy atom. The molecule has 98 valence electrons. The summed E-state index contributed by atoms with van der Waals surface area (Å²) in [6.07, 6.45) is 0. The first-order valence-electron chi connectivity index (χ1n) is 5.66. The van der Waals surface area contributed by atoms with Gasteiger partial charge < -0.3 is 16.2 Å². The zero-order valence-corrected chi connectivity index (χ0v) is 10.1. The molecule has 0 aliphatic rings. The highest BCUT2D eigenvalue weighted by Crippen LogP contribution is 2.26. The lowest BCUT2D eigenvalue weighted by atomic mass is 10.2. The molecular weight excluding hydrogens is 247 g/mol. The van der Waals surface area contributed by atoms with Gasteiger partial charge in [0.25, 0.3) is 5.91 Å². The summed E-state index contributed by atoms with van der Waals surface area (Å²) in [6.45, 7) is 0.378. The fourth-order valence-corrected chi connectivity index (χ4v) is 1.65. The van der Waals surface area contributed by atoms with Gasteiger partial charge in [-0.2, -0.15) is 0 Å². The van der Waals surface area contributed by atoms with Crippen molar-refractivity contribution in [2.75, 3.05) is 0 Å². The average Bonchev–Trinajstić information content (AvgIpc) is 2.41. The van der Waals surface area contributed by atoms with E-state index in [0.29, 0.717) is 12.3 Å². The molecule has 0 atom stereocenters. The third-order valence-corrected chi connectivity index (χ3v) is 2.57. The molecule has 0 aliphatic carbocycles. The highest BCUT2D eigenvalue weighted by atomic mass is 19.1. The standard InChI is InChI=1S/C14H13FN2O2/c15-10-4-5-13(12(7-10)14(17)18)19-11-3-1-2-9(6-11)8-16/h1-7H,8,16H2,(H2,17,18). The van der Waals surface area contributed by atoms with Crippen LogP contribution in [0.2, 0.25) is 0 Å². The van der Waals surface area contributed by atoms with E-state index in [4.69, 9.17) is 16.2 Å². The van der Waals surface area contributed by atoms with Gasteiger partial charge in [-0.1, -0.05) is 12.1 Å². The molecule has 0 aromatic heterocycles. The third kappa shape index (κ3) is 3.08. The lowest BCUT2D eigenvalue weighted by Crippen LogP contribution is -2.12. The quantitative estimate of drug-likeness (QED) is 0.884. The maximum atomic E-state index is 13.1. The number of benzene rings is 2. The van der Waals surface area contributed by atoms with Gasteiger partial charge >= 0.3 is 0 Å². The van der Waals surface area contributed by atoms with Crippen molar-refractivity contribution in [3.05, 3.63) is 59.4 Å². The molecule has 1 amide bonds. The SMILES string of the molecule is NCc1cccc(Oc2ccc(F)cc2C(N)=O)c1. The van der Waals surface area contributed by atoms with E-state index in [2.05, 4.69) is 0 Å². The molecule has 2 aromatic carbocycles. The molecular formula is C14H13FN2O2. The van der Waals surface area contributed by atoms with Crippen molar-refractivity contribution in [3.63, 3.8) is 0 Å². The summed E-state index contributed by atoms with van der Waals surface area (Å²) in [5, 5.41) is 0. The predicted octanol–water partition coefficient (Wildman–Crippen LogP) is 2.18. The van der Waals surface area contributed by atoms with E-state index in [1.54, 1.807) is 18.2 Å². The molecule has 4 nitrogen and oxygen atoms in total. The normalized spacial score (nSPS) is 10.2. The van der Waals surface area contributed by atoms with Crippen LogP contribution in [0, 0.1) is 5.82 Å². The Morgan fingerprint density at radius 2 is 2.00 bits per heavy atom. The second-order valence-corrected chi connectivity index (χ2v) is 3.96. The first-order valence-corrected chi connectivity index (χ1v) is 5.66. The van der Waals surface area contributed by atoms with E-state index in [9.17, 15) is 9.18 Å². The van der Waals surface area contributed by atoms with Gasteiger partial charge in [0.15, 0.2) is 0 Å². The van der Waals surface area contributed by atoms with Crippen molar-refractivity contribution >= 4 is 5.91 Å². The number of primary amides is 1. The maximum Gasteiger partial charge on any atom is 0.252 e. The summed E-state index contributed by atoms with van der Waals surface area (Å²) in [5.74, 6) is -0.568. The van der Waals surface area contributed by atoms with Gasteiger partial charge in [0.2, 0.25) is 0 Å². The molecule has 0 heterocycles. The van der Waals surface area contributed by atoms with Gasteiger partial charge in [0.1, 0.15) is 17.3 Å². The number of rotatable bonds is 4. The molecule has 19 heavy (non-hydrogen) atoms. The number of carbonyl (C=O) groups excluding carboxylic acids is 1. The number of hydrogen-bond donors (Lipinski definition) is 2. The fraction of sp³-hybridized carbons (Fsp3) is 0.0714. The van der Waals surface area contributed by atoms with E-state index in [1.165, 1.54) is 12.1 Å². The maximum absolute atomic E-state index is 13.1. The molecule has 0 spiro atoms. The van der Waals surface area contributed by atoms with Gasteiger partial charge in [-0.25, -0.2) is 4.39 Å². The summed E-state index contributed by atoms with van der Waals surface area (Å²) >= 11 is 0. The Kier molecular flexibility index (Phi) is 3.77. The first kappa shape index (κ1) is 13.0. The summed E-state index contributed by atoms with van der Waals surface area (Å²) in [7, 11) is 0. The number of amides is 1. The van der Waals surface area contributed by atoms with Crippen LogP contribution in [-0.4, -0.2) is 5.91 Å². The zero-order chi connectivity index (χ0) is 13.8. The smallest absolute Gasteiger partial charge is 0.252 e. The molecule has 4 N–H and O–H groups in total. The summed E-state index contributed by atoms with van der Waals surface area (Å²) in [6, 6.07) is 10.7. The number of ether oxygens (including phenoxy) is 1. The topological polar surface area (TPSA) is 78.3 Å². The minimum Gasteiger partial charge on any atom is -0.457 e. The summed E-state index contributed by atoms with van der Waals surface area (Å²) in [5.41, 5.74) is 11.6. The average molecular weight is 260 g/mol.